The van der Waals surface area contributed by atoms with Gasteiger partial charge < -0.3 is 14.8 Å². The minimum Gasteiger partial charge on any atom is -0.454 e. The van der Waals surface area contributed by atoms with Crippen molar-refractivity contribution in [3.63, 3.8) is 0 Å². The highest BCUT2D eigenvalue weighted by Gasteiger charge is 2.74. The van der Waals surface area contributed by atoms with Crippen LogP contribution in [0.4, 0.5) is 11.4 Å². The number of anilines is 2. The average Bonchev–Trinajstić information content (AvgIpc) is 3.57. The van der Waals surface area contributed by atoms with Gasteiger partial charge in [-0.3, -0.25) is 19.3 Å². The Balaban J connectivity index is 1.41. The molecule has 8 nitrogen and oxygen atoms in total. The van der Waals surface area contributed by atoms with Crippen LogP contribution in [0.15, 0.2) is 30.3 Å². The second-order valence-electron chi connectivity index (χ2n) is 9.27. The number of halogens is 1. The molecule has 3 fully saturated rings. The average molecular weight is 466 g/mol. The van der Waals surface area contributed by atoms with Crippen LogP contribution in [-0.4, -0.2) is 42.0 Å². The third kappa shape index (κ3) is 2.14. The molecule has 3 amide bonds. The largest absolute Gasteiger partial charge is 0.454 e. The first-order chi connectivity index (χ1) is 15.9. The van der Waals surface area contributed by atoms with Crippen molar-refractivity contribution in [1.82, 2.24) is 4.90 Å². The molecule has 2 aromatic rings. The van der Waals surface area contributed by atoms with E-state index in [0.29, 0.717) is 34.4 Å². The van der Waals surface area contributed by atoms with Crippen LogP contribution in [-0.2, 0) is 19.9 Å². The number of nitrogens with zero attached hydrogens (tertiary/aromatic N) is 2. The number of hydrogen-bond acceptors (Lipinski definition) is 6. The predicted molar refractivity (Wildman–Crippen MR) is 118 cm³/mol. The first kappa shape index (κ1) is 19.4. The monoisotopic (exact) mass is 465 g/mol. The van der Waals surface area contributed by atoms with Gasteiger partial charge >= 0.3 is 0 Å². The van der Waals surface area contributed by atoms with Crippen molar-refractivity contribution in [3.05, 3.63) is 46.5 Å². The Morgan fingerprint density at radius 3 is 2.76 bits per heavy atom. The standard InChI is InChI=1S/C24H20ClN3O5/c1-11-14(25)6-5-13-20(11)26-23(31)24(13)19-18(15-3-2-8-27(15)24)21(29)28(22(19)30)12-4-7-16-17(9-12)33-10-32-16/h4-7,9,15,18-19H,2-3,8,10H2,1H3,(H,26,31)/t15-,18-,19+,24-/m1/s1. The molecule has 168 valence electrons. The van der Waals surface area contributed by atoms with E-state index in [4.69, 9.17) is 21.1 Å². The SMILES string of the molecule is Cc1c(Cl)ccc2c1NC(=O)[C@]21[C@@H]2C(=O)N(c3ccc4c(c3)OCO4)C(=O)[C@@H]2[C@H]2CCCN21. The lowest BCUT2D eigenvalue weighted by atomic mass is 9.75. The van der Waals surface area contributed by atoms with Crippen LogP contribution in [0.2, 0.25) is 5.02 Å². The molecule has 0 bridgehead atoms. The number of ether oxygens (including phenoxy) is 2. The normalized spacial score (nSPS) is 31.4. The zero-order valence-electron chi connectivity index (χ0n) is 17.8. The number of carbonyl (C=O) groups is 3. The number of benzene rings is 2. The molecule has 33 heavy (non-hydrogen) atoms. The van der Waals surface area contributed by atoms with Crippen LogP contribution < -0.4 is 19.7 Å². The van der Waals surface area contributed by atoms with Crippen molar-refractivity contribution in [1.29, 1.82) is 0 Å². The first-order valence-corrected chi connectivity index (χ1v) is 11.5. The van der Waals surface area contributed by atoms with Gasteiger partial charge in [0.1, 0.15) is 5.54 Å². The number of hydrogen-bond donors (Lipinski definition) is 1. The molecule has 5 aliphatic rings. The van der Waals surface area contributed by atoms with Crippen molar-refractivity contribution < 1.29 is 23.9 Å². The van der Waals surface area contributed by atoms with E-state index in [0.717, 1.165) is 24.0 Å². The lowest BCUT2D eigenvalue weighted by Gasteiger charge is -2.36. The summed E-state index contributed by atoms with van der Waals surface area (Å²) in [4.78, 5) is 44.8. The molecule has 4 atom stereocenters. The van der Waals surface area contributed by atoms with E-state index in [1.165, 1.54) is 4.90 Å². The van der Waals surface area contributed by atoms with Crippen LogP contribution >= 0.6 is 11.6 Å². The smallest absolute Gasteiger partial charge is 0.250 e. The molecular weight excluding hydrogens is 446 g/mol. The Hall–Kier alpha value is -3.10. The Morgan fingerprint density at radius 2 is 1.91 bits per heavy atom. The highest BCUT2D eigenvalue weighted by molar-refractivity contribution is 6.32. The highest BCUT2D eigenvalue weighted by Crippen LogP contribution is 2.61. The number of carbonyl (C=O) groups excluding carboxylic acids is 3. The van der Waals surface area contributed by atoms with Gasteiger partial charge in [-0.05, 0) is 50.1 Å². The summed E-state index contributed by atoms with van der Waals surface area (Å²) in [6, 6.07) is 8.49. The van der Waals surface area contributed by atoms with Gasteiger partial charge in [-0.25, -0.2) is 4.90 Å². The molecule has 0 radical (unpaired) electrons. The van der Waals surface area contributed by atoms with Crippen LogP contribution in [0.25, 0.3) is 0 Å². The van der Waals surface area contributed by atoms with E-state index in [9.17, 15) is 14.4 Å². The van der Waals surface area contributed by atoms with E-state index in [1.807, 2.05) is 13.0 Å². The van der Waals surface area contributed by atoms with Gasteiger partial charge in [0.25, 0.3) is 0 Å². The van der Waals surface area contributed by atoms with Crippen LogP contribution in [0.3, 0.4) is 0 Å². The Labute approximate surface area is 194 Å². The van der Waals surface area contributed by atoms with E-state index in [-0.39, 0.29) is 30.6 Å². The van der Waals surface area contributed by atoms with Gasteiger partial charge in [0, 0.05) is 22.7 Å². The first-order valence-electron chi connectivity index (χ1n) is 11.1. The fourth-order valence-electron chi connectivity index (χ4n) is 6.67. The summed E-state index contributed by atoms with van der Waals surface area (Å²) in [5.41, 5.74) is 1.38. The maximum atomic E-state index is 14.0. The Bertz CT molecular complexity index is 1300. The fraction of sp³-hybridized carbons (Fsp3) is 0.375. The Morgan fingerprint density at radius 1 is 1.09 bits per heavy atom. The molecule has 0 unspecified atom stereocenters. The summed E-state index contributed by atoms with van der Waals surface area (Å²) in [5, 5.41) is 3.56. The van der Waals surface area contributed by atoms with Gasteiger partial charge in [-0.2, -0.15) is 0 Å². The molecular formula is C24H20ClN3O5. The van der Waals surface area contributed by atoms with Crippen molar-refractivity contribution >= 4 is 40.7 Å². The Kier molecular flexibility index (Phi) is 3.68. The number of imide groups is 1. The molecule has 0 aliphatic carbocycles. The maximum absolute atomic E-state index is 14.0. The fourth-order valence-corrected chi connectivity index (χ4v) is 6.83. The summed E-state index contributed by atoms with van der Waals surface area (Å²) < 4.78 is 10.8. The van der Waals surface area contributed by atoms with Crippen molar-refractivity contribution in [3.8, 4) is 11.5 Å². The molecule has 2 aromatic carbocycles. The molecule has 3 saturated heterocycles. The molecule has 5 heterocycles. The van der Waals surface area contributed by atoms with Crippen LogP contribution in [0.1, 0.15) is 24.0 Å². The third-order valence-corrected chi connectivity index (χ3v) is 8.39. The lowest BCUT2D eigenvalue weighted by Crippen LogP contribution is -2.54. The zero-order valence-corrected chi connectivity index (χ0v) is 18.5. The van der Waals surface area contributed by atoms with E-state index in [2.05, 4.69) is 10.2 Å². The van der Waals surface area contributed by atoms with Gasteiger partial charge in [0.2, 0.25) is 24.5 Å². The lowest BCUT2D eigenvalue weighted by molar-refractivity contribution is -0.135. The quantitative estimate of drug-likeness (QED) is 0.652. The molecule has 7 rings (SSSR count). The maximum Gasteiger partial charge on any atom is 0.250 e. The summed E-state index contributed by atoms with van der Waals surface area (Å²) in [6.07, 6.45) is 1.64. The second kappa shape index (κ2) is 6.27. The molecule has 5 aliphatic heterocycles. The van der Waals surface area contributed by atoms with Crippen molar-refractivity contribution in [2.75, 3.05) is 23.6 Å². The zero-order chi connectivity index (χ0) is 22.6. The molecule has 1 N–H and O–H groups in total. The van der Waals surface area contributed by atoms with Gasteiger partial charge in [0.05, 0.1) is 23.2 Å². The summed E-state index contributed by atoms with van der Waals surface area (Å²) in [7, 11) is 0. The molecule has 1 spiro atoms. The predicted octanol–water partition coefficient (Wildman–Crippen LogP) is 2.81. The van der Waals surface area contributed by atoms with E-state index >= 15 is 0 Å². The number of fused-ring (bicyclic) bond motifs is 8. The van der Waals surface area contributed by atoms with Gasteiger partial charge in [-0.15, -0.1) is 0 Å². The number of amides is 3. The number of nitrogens with one attached hydrogen (secondary N) is 1. The van der Waals surface area contributed by atoms with E-state index in [1.54, 1.807) is 24.3 Å². The van der Waals surface area contributed by atoms with E-state index < -0.39 is 17.4 Å². The van der Waals surface area contributed by atoms with Crippen LogP contribution in [0, 0.1) is 18.8 Å². The van der Waals surface area contributed by atoms with Gasteiger partial charge in [-0.1, -0.05) is 17.7 Å². The topological polar surface area (TPSA) is 88.2 Å². The molecule has 0 aromatic heterocycles. The second-order valence-corrected chi connectivity index (χ2v) is 9.68. The number of rotatable bonds is 1. The minimum absolute atomic E-state index is 0.102. The summed E-state index contributed by atoms with van der Waals surface area (Å²) in [6.45, 7) is 2.62. The van der Waals surface area contributed by atoms with Crippen molar-refractivity contribution in [2.24, 2.45) is 11.8 Å². The summed E-state index contributed by atoms with van der Waals surface area (Å²) >= 11 is 6.34. The molecule has 9 heteroatoms. The third-order valence-electron chi connectivity index (χ3n) is 7.98. The molecule has 0 saturated carbocycles. The van der Waals surface area contributed by atoms with Crippen molar-refractivity contribution in [2.45, 2.75) is 31.3 Å². The highest BCUT2D eigenvalue weighted by atomic mass is 35.5. The summed E-state index contributed by atoms with van der Waals surface area (Å²) in [5.74, 6) is -1.18. The van der Waals surface area contributed by atoms with Crippen LogP contribution in [0.5, 0.6) is 11.5 Å². The minimum atomic E-state index is -1.21. The van der Waals surface area contributed by atoms with Gasteiger partial charge in [0.15, 0.2) is 11.5 Å².